The van der Waals surface area contributed by atoms with E-state index in [0.29, 0.717) is 17.8 Å². The SMILES string of the molecule is COc1ccnc2ncn(C3CC(O)[C@H](CO)O3)c12. The Morgan fingerprint density at radius 3 is 3.05 bits per heavy atom. The van der Waals surface area contributed by atoms with Gasteiger partial charge in [-0.3, -0.25) is 4.57 Å². The Bertz CT molecular complexity index is 585. The maximum absolute atomic E-state index is 9.79. The molecular formula is C12H15N3O4. The number of aliphatic hydroxyl groups is 2. The Balaban J connectivity index is 2.02. The fourth-order valence-corrected chi connectivity index (χ4v) is 2.37. The second-order valence-corrected chi connectivity index (χ2v) is 4.45. The smallest absolute Gasteiger partial charge is 0.181 e. The summed E-state index contributed by atoms with van der Waals surface area (Å²) in [6, 6.07) is 1.75. The summed E-state index contributed by atoms with van der Waals surface area (Å²) in [7, 11) is 1.58. The minimum atomic E-state index is -0.685. The van der Waals surface area contributed by atoms with Gasteiger partial charge in [-0.25, -0.2) is 9.97 Å². The van der Waals surface area contributed by atoms with E-state index in [1.165, 1.54) is 0 Å². The number of hydrogen-bond donors (Lipinski definition) is 2. The minimum Gasteiger partial charge on any atom is -0.494 e. The molecule has 102 valence electrons. The van der Waals surface area contributed by atoms with E-state index in [2.05, 4.69) is 9.97 Å². The number of pyridine rings is 1. The van der Waals surface area contributed by atoms with E-state index < -0.39 is 12.2 Å². The summed E-state index contributed by atoms with van der Waals surface area (Å²) in [4.78, 5) is 8.36. The molecule has 0 aromatic carbocycles. The van der Waals surface area contributed by atoms with E-state index in [-0.39, 0.29) is 12.8 Å². The molecule has 3 heterocycles. The van der Waals surface area contributed by atoms with Gasteiger partial charge in [0.2, 0.25) is 0 Å². The lowest BCUT2D eigenvalue weighted by Crippen LogP contribution is -2.24. The van der Waals surface area contributed by atoms with Gasteiger partial charge in [-0.05, 0) is 0 Å². The Labute approximate surface area is 109 Å². The molecule has 3 rings (SSSR count). The molecule has 0 spiro atoms. The number of nitrogens with zero attached hydrogens (tertiary/aromatic N) is 3. The fourth-order valence-electron chi connectivity index (χ4n) is 2.37. The van der Waals surface area contributed by atoms with E-state index in [1.807, 2.05) is 0 Å². The van der Waals surface area contributed by atoms with Gasteiger partial charge in [0.15, 0.2) is 5.65 Å². The summed E-state index contributed by atoms with van der Waals surface area (Å²) in [5.74, 6) is 0.646. The number of aromatic nitrogens is 3. The molecule has 1 aliphatic heterocycles. The molecule has 2 aromatic heterocycles. The molecule has 7 heteroatoms. The van der Waals surface area contributed by atoms with Gasteiger partial charge in [0.1, 0.15) is 23.6 Å². The van der Waals surface area contributed by atoms with Crippen LogP contribution in [0.3, 0.4) is 0 Å². The first-order chi connectivity index (χ1) is 9.24. The van der Waals surface area contributed by atoms with Crippen molar-refractivity contribution < 1.29 is 19.7 Å². The number of methoxy groups -OCH3 is 1. The molecule has 1 saturated heterocycles. The third-order valence-corrected chi connectivity index (χ3v) is 3.34. The van der Waals surface area contributed by atoms with Crippen molar-refractivity contribution in [2.75, 3.05) is 13.7 Å². The molecule has 0 amide bonds. The van der Waals surface area contributed by atoms with Crippen molar-refractivity contribution in [1.29, 1.82) is 0 Å². The number of aliphatic hydroxyl groups excluding tert-OH is 2. The van der Waals surface area contributed by atoms with Crippen LogP contribution < -0.4 is 4.74 Å². The summed E-state index contributed by atoms with van der Waals surface area (Å²) in [5.41, 5.74) is 1.28. The summed E-state index contributed by atoms with van der Waals surface area (Å²) < 4.78 is 12.7. The Morgan fingerprint density at radius 2 is 2.37 bits per heavy atom. The predicted octanol–water partition coefficient (Wildman–Crippen LogP) is 0.0806. The van der Waals surface area contributed by atoms with E-state index in [4.69, 9.17) is 14.6 Å². The molecule has 3 atom stereocenters. The van der Waals surface area contributed by atoms with Gasteiger partial charge in [-0.15, -0.1) is 0 Å². The van der Waals surface area contributed by atoms with Crippen molar-refractivity contribution >= 4 is 11.2 Å². The lowest BCUT2D eigenvalue weighted by Gasteiger charge is -2.15. The Hall–Kier alpha value is -1.70. The van der Waals surface area contributed by atoms with Crippen LogP contribution >= 0.6 is 0 Å². The third kappa shape index (κ3) is 1.95. The van der Waals surface area contributed by atoms with Crippen LogP contribution in [0, 0.1) is 0 Å². The first-order valence-electron chi connectivity index (χ1n) is 6.04. The minimum absolute atomic E-state index is 0.209. The summed E-state index contributed by atoms with van der Waals surface area (Å²) in [6.07, 6.45) is 2.00. The largest absolute Gasteiger partial charge is 0.494 e. The first kappa shape index (κ1) is 12.3. The number of fused-ring (bicyclic) bond motifs is 1. The summed E-state index contributed by atoms with van der Waals surface area (Å²) in [5, 5.41) is 18.9. The van der Waals surface area contributed by atoms with Crippen LogP contribution in [0.1, 0.15) is 12.6 Å². The maximum atomic E-state index is 9.79. The number of imidazole rings is 1. The summed E-state index contributed by atoms with van der Waals surface area (Å²) in [6.45, 7) is -0.209. The van der Waals surface area contributed by atoms with Gasteiger partial charge in [0.05, 0.1) is 26.1 Å². The average molecular weight is 265 g/mol. The van der Waals surface area contributed by atoms with Crippen molar-refractivity contribution in [3.05, 3.63) is 18.6 Å². The third-order valence-electron chi connectivity index (χ3n) is 3.34. The number of hydrogen-bond acceptors (Lipinski definition) is 6. The van der Waals surface area contributed by atoms with Gasteiger partial charge in [-0.2, -0.15) is 0 Å². The van der Waals surface area contributed by atoms with Gasteiger partial charge in [0, 0.05) is 18.7 Å². The second-order valence-electron chi connectivity index (χ2n) is 4.45. The zero-order valence-corrected chi connectivity index (χ0v) is 10.4. The van der Waals surface area contributed by atoms with Crippen LogP contribution in [-0.2, 0) is 4.74 Å². The highest BCUT2D eigenvalue weighted by molar-refractivity contribution is 5.78. The lowest BCUT2D eigenvalue weighted by atomic mass is 10.2. The first-order valence-corrected chi connectivity index (χ1v) is 6.04. The van der Waals surface area contributed by atoms with E-state index >= 15 is 0 Å². The van der Waals surface area contributed by atoms with Gasteiger partial charge >= 0.3 is 0 Å². The average Bonchev–Trinajstić information content (AvgIpc) is 3.01. The lowest BCUT2D eigenvalue weighted by molar-refractivity contribution is -0.0431. The van der Waals surface area contributed by atoms with Crippen molar-refractivity contribution in [1.82, 2.24) is 14.5 Å². The second kappa shape index (κ2) is 4.76. The maximum Gasteiger partial charge on any atom is 0.181 e. The Morgan fingerprint density at radius 1 is 1.53 bits per heavy atom. The summed E-state index contributed by atoms with van der Waals surface area (Å²) >= 11 is 0. The quantitative estimate of drug-likeness (QED) is 0.817. The molecule has 7 nitrogen and oxygen atoms in total. The normalized spacial score (nSPS) is 27.0. The van der Waals surface area contributed by atoms with E-state index in [9.17, 15) is 5.11 Å². The topological polar surface area (TPSA) is 89.6 Å². The number of ether oxygens (including phenoxy) is 2. The zero-order valence-electron chi connectivity index (χ0n) is 10.4. The highest BCUT2D eigenvalue weighted by Crippen LogP contribution is 2.33. The molecule has 0 saturated carbocycles. The molecule has 1 aliphatic rings. The van der Waals surface area contributed by atoms with E-state index in [1.54, 1.807) is 30.3 Å². The molecule has 2 aromatic rings. The van der Waals surface area contributed by atoms with Crippen molar-refractivity contribution in [3.63, 3.8) is 0 Å². The monoisotopic (exact) mass is 265 g/mol. The van der Waals surface area contributed by atoms with Gasteiger partial charge in [-0.1, -0.05) is 0 Å². The Kier molecular flexibility index (Phi) is 3.09. The van der Waals surface area contributed by atoms with Crippen LogP contribution in [0.5, 0.6) is 5.75 Å². The van der Waals surface area contributed by atoms with Crippen LogP contribution in [-0.4, -0.2) is 50.7 Å². The van der Waals surface area contributed by atoms with Crippen molar-refractivity contribution in [2.24, 2.45) is 0 Å². The standard InChI is InChI=1S/C12H15N3O4/c1-18-8-2-3-13-12-11(8)15(6-14-12)10-4-7(17)9(5-16)19-10/h2-3,6-7,9-10,16-17H,4-5H2,1H3/t7?,9-,10?/m0/s1. The van der Waals surface area contributed by atoms with Crippen LogP contribution in [0.4, 0.5) is 0 Å². The zero-order chi connectivity index (χ0) is 13.4. The van der Waals surface area contributed by atoms with Crippen molar-refractivity contribution in [3.8, 4) is 5.75 Å². The van der Waals surface area contributed by atoms with Gasteiger partial charge < -0.3 is 19.7 Å². The van der Waals surface area contributed by atoms with Gasteiger partial charge in [0.25, 0.3) is 0 Å². The molecule has 2 N–H and O–H groups in total. The van der Waals surface area contributed by atoms with Crippen molar-refractivity contribution in [2.45, 2.75) is 24.9 Å². The molecule has 0 bridgehead atoms. The predicted molar refractivity (Wildman–Crippen MR) is 65.7 cm³/mol. The number of rotatable bonds is 3. The molecule has 0 radical (unpaired) electrons. The molecule has 2 unspecified atom stereocenters. The van der Waals surface area contributed by atoms with Crippen LogP contribution in [0.2, 0.25) is 0 Å². The molecule has 19 heavy (non-hydrogen) atoms. The molecule has 0 aliphatic carbocycles. The molecule has 1 fully saturated rings. The highest BCUT2D eigenvalue weighted by atomic mass is 16.5. The highest BCUT2D eigenvalue weighted by Gasteiger charge is 2.35. The van der Waals surface area contributed by atoms with Crippen LogP contribution in [0.25, 0.3) is 11.2 Å². The molecular weight excluding hydrogens is 250 g/mol. The van der Waals surface area contributed by atoms with Crippen LogP contribution in [0.15, 0.2) is 18.6 Å². The van der Waals surface area contributed by atoms with E-state index in [0.717, 1.165) is 5.52 Å². The fraction of sp³-hybridized carbons (Fsp3) is 0.500.